The van der Waals surface area contributed by atoms with Gasteiger partial charge in [0.2, 0.25) is 10.0 Å². The van der Waals surface area contributed by atoms with E-state index in [2.05, 4.69) is 9.71 Å². The molecule has 0 amide bonds. The second kappa shape index (κ2) is 5.31. The Hall–Kier alpha value is -2.02. The number of benzene rings is 1. The van der Waals surface area contributed by atoms with Crippen LogP contribution in [0.5, 0.6) is 0 Å². The first kappa shape index (κ1) is 13.4. The Morgan fingerprint density at radius 2 is 2.00 bits per heavy atom. The summed E-state index contributed by atoms with van der Waals surface area (Å²) >= 11 is 0. The zero-order valence-corrected chi connectivity index (χ0v) is 10.5. The number of hydrogen-bond acceptors (Lipinski definition) is 3. The molecule has 1 aromatic carbocycles. The molecule has 0 saturated carbocycles. The Kier molecular flexibility index (Phi) is 3.75. The molecule has 0 spiro atoms. The molecule has 0 atom stereocenters. The molecule has 0 aliphatic heterocycles. The van der Waals surface area contributed by atoms with Gasteiger partial charge >= 0.3 is 0 Å². The van der Waals surface area contributed by atoms with Gasteiger partial charge in [0.25, 0.3) is 0 Å². The highest BCUT2D eigenvalue weighted by atomic mass is 32.2. The fourth-order valence-electron chi connectivity index (χ4n) is 1.51. The van der Waals surface area contributed by atoms with Gasteiger partial charge in [0.05, 0.1) is 17.6 Å². The minimum Gasteiger partial charge on any atom is -0.280 e. The first-order valence-electron chi connectivity index (χ1n) is 5.31. The van der Waals surface area contributed by atoms with E-state index < -0.39 is 27.4 Å². The molecule has 7 heteroatoms. The molecule has 1 N–H and O–H groups in total. The van der Waals surface area contributed by atoms with Crippen molar-refractivity contribution in [2.24, 2.45) is 0 Å². The maximum absolute atomic E-state index is 13.3. The van der Waals surface area contributed by atoms with Crippen LogP contribution in [0.4, 0.5) is 14.5 Å². The van der Waals surface area contributed by atoms with Gasteiger partial charge in [-0.15, -0.1) is 0 Å². The fraction of sp³-hybridized carbons (Fsp3) is 0.0833. The molecule has 0 saturated heterocycles. The van der Waals surface area contributed by atoms with Crippen LogP contribution in [-0.4, -0.2) is 13.4 Å². The van der Waals surface area contributed by atoms with Crippen LogP contribution in [0.3, 0.4) is 0 Å². The van der Waals surface area contributed by atoms with Gasteiger partial charge in [-0.1, -0.05) is 12.1 Å². The van der Waals surface area contributed by atoms with Crippen LogP contribution < -0.4 is 4.72 Å². The number of pyridine rings is 1. The average molecular weight is 284 g/mol. The third kappa shape index (κ3) is 3.72. The summed E-state index contributed by atoms with van der Waals surface area (Å²) in [7, 11) is -3.81. The van der Waals surface area contributed by atoms with Gasteiger partial charge in [-0.05, 0) is 23.8 Å². The summed E-state index contributed by atoms with van der Waals surface area (Å²) in [5.74, 6) is -1.74. The van der Waals surface area contributed by atoms with Crippen molar-refractivity contribution in [1.82, 2.24) is 4.98 Å². The van der Waals surface area contributed by atoms with Gasteiger partial charge in [-0.2, -0.15) is 0 Å². The minimum atomic E-state index is -3.81. The van der Waals surface area contributed by atoms with Crippen LogP contribution >= 0.6 is 0 Å². The lowest BCUT2D eigenvalue weighted by Crippen LogP contribution is -2.16. The molecule has 19 heavy (non-hydrogen) atoms. The summed E-state index contributed by atoms with van der Waals surface area (Å²) in [5, 5.41) is 0. The van der Waals surface area contributed by atoms with Crippen molar-refractivity contribution in [2.75, 3.05) is 4.72 Å². The molecular weight excluding hydrogens is 274 g/mol. The first-order chi connectivity index (χ1) is 8.96. The molecule has 0 bridgehead atoms. The predicted molar refractivity (Wildman–Crippen MR) is 66.8 cm³/mol. The molecule has 4 nitrogen and oxygen atoms in total. The molecule has 0 aliphatic carbocycles. The van der Waals surface area contributed by atoms with Crippen molar-refractivity contribution in [2.45, 2.75) is 5.75 Å². The maximum atomic E-state index is 13.3. The van der Waals surface area contributed by atoms with E-state index in [1.807, 2.05) is 0 Å². The monoisotopic (exact) mass is 284 g/mol. The van der Waals surface area contributed by atoms with Crippen molar-refractivity contribution in [1.29, 1.82) is 0 Å². The van der Waals surface area contributed by atoms with Crippen LogP contribution in [0, 0.1) is 11.6 Å². The highest BCUT2D eigenvalue weighted by Gasteiger charge is 2.14. The lowest BCUT2D eigenvalue weighted by molar-refractivity contribution is 0.596. The second-order valence-electron chi connectivity index (χ2n) is 3.85. The van der Waals surface area contributed by atoms with Crippen LogP contribution in [0.2, 0.25) is 0 Å². The highest BCUT2D eigenvalue weighted by Crippen LogP contribution is 2.15. The van der Waals surface area contributed by atoms with Crippen molar-refractivity contribution in [3.05, 3.63) is 59.9 Å². The van der Waals surface area contributed by atoms with Crippen LogP contribution in [-0.2, 0) is 15.8 Å². The third-order valence-electron chi connectivity index (χ3n) is 2.28. The van der Waals surface area contributed by atoms with Crippen molar-refractivity contribution in [3.63, 3.8) is 0 Å². The largest absolute Gasteiger partial charge is 0.280 e. The topological polar surface area (TPSA) is 59.1 Å². The quantitative estimate of drug-likeness (QED) is 0.937. The predicted octanol–water partition coefficient (Wildman–Crippen LogP) is 2.30. The minimum absolute atomic E-state index is 0.189. The van der Waals surface area contributed by atoms with Crippen LogP contribution in [0.1, 0.15) is 5.56 Å². The van der Waals surface area contributed by atoms with Gasteiger partial charge < -0.3 is 0 Å². The van der Waals surface area contributed by atoms with Gasteiger partial charge in [0.1, 0.15) is 5.82 Å². The summed E-state index contributed by atoms with van der Waals surface area (Å²) in [6.07, 6.45) is 2.17. The van der Waals surface area contributed by atoms with E-state index in [4.69, 9.17) is 0 Å². The van der Waals surface area contributed by atoms with E-state index in [0.29, 0.717) is 0 Å². The summed E-state index contributed by atoms with van der Waals surface area (Å²) < 4.78 is 51.9. The summed E-state index contributed by atoms with van der Waals surface area (Å²) in [6, 6.07) is 6.42. The van der Waals surface area contributed by atoms with Crippen LogP contribution in [0.15, 0.2) is 42.7 Å². The number of anilines is 1. The zero-order chi connectivity index (χ0) is 13.9. The molecule has 2 aromatic rings. The Morgan fingerprint density at radius 1 is 1.21 bits per heavy atom. The van der Waals surface area contributed by atoms with Crippen molar-refractivity contribution >= 4 is 15.7 Å². The smallest absolute Gasteiger partial charge is 0.237 e. The van der Waals surface area contributed by atoms with E-state index in [1.165, 1.54) is 30.5 Å². The lowest BCUT2D eigenvalue weighted by atomic mass is 10.2. The van der Waals surface area contributed by atoms with Gasteiger partial charge in [0, 0.05) is 6.20 Å². The maximum Gasteiger partial charge on any atom is 0.237 e. The molecule has 1 heterocycles. The third-order valence-corrected chi connectivity index (χ3v) is 3.53. The molecule has 0 aliphatic rings. The fourth-order valence-corrected chi connectivity index (χ4v) is 2.70. The summed E-state index contributed by atoms with van der Waals surface area (Å²) in [6.45, 7) is 0. The van der Waals surface area contributed by atoms with E-state index in [-0.39, 0.29) is 11.3 Å². The number of halogens is 2. The van der Waals surface area contributed by atoms with E-state index in [9.17, 15) is 17.2 Å². The van der Waals surface area contributed by atoms with Gasteiger partial charge in [-0.3, -0.25) is 9.71 Å². The molecule has 0 fully saturated rings. The Labute approximate surface area is 109 Å². The van der Waals surface area contributed by atoms with Gasteiger partial charge in [-0.25, -0.2) is 17.2 Å². The van der Waals surface area contributed by atoms with Gasteiger partial charge in [0.15, 0.2) is 5.82 Å². The van der Waals surface area contributed by atoms with Crippen LogP contribution in [0.25, 0.3) is 0 Å². The zero-order valence-electron chi connectivity index (χ0n) is 9.68. The number of nitrogens with one attached hydrogen (secondary N) is 1. The number of hydrogen-bond donors (Lipinski definition) is 1. The van der Waals surface area contributed by atoms with Crippen molar-refractivity contribution in [3.8, 4) is 0 Å². The summed E-state index contributed by atoms with van der Waals surface area (Å²) in [5.41, 5.74) is 0.0911. The Bertz CT molecular complexity index is 690. The summed E-state index contributed by atoms with van der Waals surface area (Å²) in [4.78, 5) is 3.51. The van der Waals surface area contributed by atoms with E-state index in [1.54, 1.807) is 0 Å². The average Bonchev–Trinajstić information content (AvgIpc) is 2.31. The number of rotatable bonds is 4. The number of aromatic nitrogens is 1. The standard InChI is InChI=1S/C12H10F2N2O2S/c13-10-3-1-2-9(6-10)8-19(17,18)16-12-4-5-15-7-11(12)14/h1-7H,8H2,(H,15,16). The van der Waals surface area contributed by atoms with Crippen molar-refractivity contribution < 1.29 is 17.2 Å². The SMILES string of the molecule is O=S(=O)(Cc1cccc(F)c1)Nc1ccncc1F. The molecule has 2 rings (SSSR count). The normalized spacial score (nSPS) is 11.3. The molecular formula is C12H10F2N2O2S. The first-order valence-corrected chi connectivity index (χ1v) is 6.96. The Morgan fingerprint density at radius 3 is 2.68 bits per heavy atom. The molecule has 100 valence electrons. The number of nitrogens with zero attached hydrogens (tertiary/aromatic N) is 1. The Balaban J connectivity index is 2.18. The molecule has 0 unspecified atom stereocenters. The highest BCUT2D eigenvalue weighted by molar-refractivity contribution is 7.91. The lowest BCUT2D eigenvalue weighted by Gasteiger charge is -2.08. The second-order valence-corrected chi connectivity index (χ2v) is 5.57. The number of sulfonamides is 1. The molecule has 1 aromatic heterocycles. The molecule has 0 radical (unpaired) electrons. The van der Waals surface area contributed by atoms with E-state index >= 15 is 0 Å². The van der Waals surface area contributed by atoms with E-state index in [0.717, 1.165) is 12.3 Å².